The first kappa shape index (κ1) is 15.2. The van der Waals surface area contributed by atoms with Crippen LogP contribution in [0, 0.1) is 0 Å². The van der Waals surface area contributed by atoms with Crippen LogP contribution in [-0.4, -0.2) is 8.42 Å². The molecule has 1 unspecified atom stereocenters. The molecule has 0 fully saturated rings. The molecule has 0 aliphatic heterocycles. The maximum Gasteiger partial charge on any atom is 0.250 e. The molecule has 0 saturated carbocycles. The van der Waals surface area contributed by atoms with Gasteiger partial charge < -0.3 is 0 Å². The second kappa shape index (κ2) is 6.49. The average Bonchev–Trinajstić information content (AvgIpc) is 2.98. The van der Waals surface area contributed by atoms with Crippen molar-refractivity contribution in [1.29, 1.82) is 0 Å². The van der Waals surface area contributed by atoms with E-state index in [1.807, 2.05) is 17.5 Å². The molecule has 2 rings (SSSR count). The number of hydrogen-bond acceptors (Lipinski definition) is 4. The highest BCUT2D eigenvalue weighted by atomic mass is 79.9. The molecule has 7 heteroatoms. The Hall–Kier alpha value is -0.210. The lowest BCUT2D eigenvalue weighted by Crippen LogP contribution is -2.27. The molecule has 0 aliphatic rings. The molecule has 0 radical (unpaired) electrons. The Morgan fingerprint density at radius 2 is 2.16 bits per heavy atom. The van der Waals surface area contributed by atoms with Gasteiger partial charge in [0.05, 0.1) is 9.83 Å². The summed E-state index contributed by atoms with van der Waals surface area (Å²) in [5.74, 6) is 0. The summed E-state index contributed by atoms with van der Waals surface area (Å²) in [6.07, 6.45) is 1.73. The predicted molar refractivity (Wildman–Crippen MR) is 84.3 cm³/mol. The minimum Gasteiger partial charge on any atom is -0.206 e. The Bertz CT molecular complexity index is 619. The van der Waals surface area contributed by atoms with Crippen LogP contribution < -0.4 is 4.72 Å². The van der Waals surface area contributed by atoms with E-state index in [0.29, 0.717) is 4.21 Å². The van der Waals surface area contributed by atoms with Crippen molar-refractivity contribution in [2.24, 2.45) is 0 Å². The summed E-state index contributed by atoms with van der Waals surface area (Å²) in [6, 6.07) is 7.14. The molecule has 0 aliphatic carbocycles. The van der Waals surface area contributed by atoms with E-state index < -0.39 is 10.0 Å². The van der Waals surface area contributed by atoms with E-state index in [0.717, 1.165) is 21.5 Å². The lowest BCUT2D eigenvalue weighted by Gasteiger charge is -2.16. The van der Waals surface area contributed by atoms with Gasteiger partial charge in [-0.1, -0.05) is 19.4 Å². The lowest BCUT2D eigenvalue weighted by atomic mass is 10.1. The number of nitrogens with one attached hydrogen (secondary N) is 1. The second-order valence-corrected chi connectivity index (χ2v) is 9.42. The zero-order valence-electron chi connectivity index (χ0n) is 10.3. The third-order valence-electron chi connectivity index (χ3n) is 2.57. The van der Waals surface area contributed by atoms with Crippen LogP contribution in [0.2, 0.25) is 0 Å². The van der Waals surface area contributed by atoms with Gasteiger partial charge in [-0.2, -0.15) is 0 Å². The van der Waals surface area contributed by atoms with Crippen LogP contribution in [0.3, 0.4) is 0 Å². The van der Waals surface area contributed by atoms with E-state index >= 15 is 0 Å². The minimum absolute atomic E-state index is 0.143. The molecular weight excluding hydrogens is 366 g/mol. The van der Waals surface area contributed by atoms with Gasteiger partial charge in [0, 0.05) is 4.88 Å². The molecule has 0 aromatic carbocycles. The van der Waals surface area contributed by atoms with Gasteiger partial charge in [-0.15, -0.1) is 22.7 Å². The summed E-state index contributed by atoms with van der Waals surface area (Å²) in [4.78, 5) is 1.06. The molecule has 0 amide bonds. The Morgan fingerprint density at radius 3 is 2.68 bits per heavy atom. The van der Waals surface area contributed by atoms with Crippen LogP contribution >= 0.6 is 38.6 Å². The third kappa shape index (κ3) is 3.88. The minimum atomic E-state index is -3.44. The Kier molecular flexibility index (Phi) is 5.19. The lowest BCUT2D eigenvalue weighted by molar-refractivity contribution is 0.542. The van der Waals surface area contributed by atoms with Crippen molar-refractivity contribution in [2.45, 2.75) is 30.0 Å². The van der Waals surface area contributed by atoms with E-state index in [9.17, 15) is 8.42 Å². The van der Waals surface area contributed by atoms with E-state index in [2.05, 4.69) is 27.6 Å². The van der Waals surface area contributed by atoms with Crippen LogP contribution in [0.4, 0.5) is 0 Å². The quantitative estimate of drug-likeness (QED) is 0.808. The first-order chi connectivity index (χ1) is 9.03. The first-order valence-corrected chi connectivity index (χ1v) is 9.81. The highest BCUT2D eigenvalue weighted by Crippen LogP contribution is 2.29. The van der Waals surface area contributed by atoms with Gasteiger partial charge in [0.25, 0.3) is 10.0 Å². The summed E-state index contributed by atoms with van der Waals surface area (Å²) in [7, 11) is -3.44. The van der Waals surface area contributed by atoms with Gasteiger partial charge in [-0.05, 0) is 45.9 Å². The van der Waals surface area contributed by atoms with Crippen molar-refractivity contribution in [1.82, 2.24) is 4.72 Å². The molecular formula is C12H14BrNO2S3. The highest BCUT2D eigenvalue weighted by molar-refractivity contribution is 9.11. The summed E-state index contributed by atoms with van der Waals surface area (Å²) in [5, 5.41) is 1.97. The van der Waals surface area contributed by atoms with Gasteiger partial charge in [0.15, 0.2) is 0 Å². The molecule has 1 atom stereocenters. The summed E-state index contributed by atoms with van der Waals surface area (Å²) in [6.45, 7) is 2.05. The molecule has 0 saturated heterocycles. The molecule has 1 N–H and O–H groups in total. The van der Waals surface area contributed by atoms with Crippen LogP contribution in [-0.2, 0) is 10.0 Å². The molecule has 0 bridgehead atoms. The van der Waals surface area contributed by atoms with E-state index in [4.69, 9.17) is 0 Å². The molecule has 2 aromatic heterocycles. The van der Waals surface area contributed by atoms with E-state index in [1.54, 1.807) is 23.5 Å². The van der Waals surface area contributed by atoms with Gasteiger partial charge in [-0.25, -0.2) is 13.1 Å². The van der Waals surface area contributed by atoms with Crippen LogP contribution in [0.5, 0.6) is 0 Å². The van der Waals surface area contributed by atoms with Crippen LogP contribution in [0.25, 0.3) is 0 Å². The van der Waals surface area contributed by atoms with Crippen LogP contribution in [0.1, 0.15) is 30.7 Å². The standard InChI is InChI=1S/C12H14BrNO2S3/c1-2-4-9(10-5-3-8-17-10)14-19(15,16)12-7-6-11(13)18-12/h3,5-9,14H,2,4H2,1H3. The SMILES string of the molecule is CCCC(NS(=O)(=O)c1ccc(Br)s1)c1cccs1. The molecule has 2 heterocycles. The first-order valence-electron chi connectivity index (χ1n) is 5.84. The zero-order chi connectivity index (χ0) is 13.9. The average molecular weight is 380 g/mol. The Morgan fingerprint density at radius 1 is 1.37 bits per heavy atom. The van der Waals surface area contributed by atoms with E-state index in [-0.39, 0.29) is 6.04 Å². The molecule has 2 aromatic rings. The fourth-order valence-corrected chi connectivity index (χ4v) is 5.89. The second-order valence-electron chi connectivity index (χ2n) is 4.04. The van der Waals surface area contributed by atoms with E-state index in [1.165, 1.54) is 11.3 Å². The van der Waals surface area contributed by atoms with Crippen molar-refractivity contribution in [3.8, 4) is 0 Å². The number of rotatable bonds is 6. The van der Waals surface area contributed by atoms with Crippen molar-refractivity contribution < 1.29 is 8.42 Å². The Labute approximate surface area is 129 Å². The number of thiophene rings is 2. The van der Waals surface area contributed by atoms with Crippen molar-refractivity contribution in [3.63, 3.8) is 0 Å². The van der Waals surface area contributed by atoms with Gasteiger partial charge in [0.2, 0.25) is 0 Å². The van der Waals surface area contributed by atoms with Crippen molar-refractivity contribution in [2.75, 3.05) is 0 Å². The van der Waals surface area contributed by atoms with Crippen molar-refractivity contribution in [3.05, 3.63) is 38.3 Å². The maximum atomic E-state index is 12.3. The van der Waals surface area contributed by atoms with Crippen molar-refractivity contribution >= 4 is 48.6 Å². The molecule has 104 valence electrons. The summed E-state index contributed by atoms with van der Waals surface area (Å²) >= 11 is 6.09. The fourth-order valence-electron chi connectivity index (χ4n) is 1.72. The number of hydrogen-bond donors (Lipinski definition) is 1. The largest absolute Gasteiger partial charge is 0.250 e. The maximum absolute atomic E-state index is 12.3. The smallest absolute Gasteiger partial charge is 0.206 e. The zero-order valence-corrected chi connectivity index (χ0v) is 14.3. The molecule has 3 nitrogen and oxygen atoms in total. The monoisotopic (exact) mass is 379 g/mol. The van der Waals surface area contributed by atoms with Gasteiger partial charge in [0.1, 0.15) is 4.21 Å². The Balaban J connectivity index is 2.21. The number of sulfonamides is 1. The fraction of sp³-hybridized carbons (Fsp3) is 0.333. The summed E-state index contributed by atoms with van der Waals surface area (Å²) in [5.41, 5.74) is 0. The predicted octanol–water partition coefficient (Wildman–Crippen LogP) is 4.39. The summed E-state index contributed by atoms with van der Waals surface area (Å²) < 4.78 is 28.6. The molecule has 0 spiro atoms. The number of halogens is 1. The van der Waals surface area contributed by atoms with Gasteiger partial charge >= 0.3 is 0 Å². The van der Waals surface area contributed by atoms with Crippen LogP contribution in [0.15, 0.2) is 37.6 Å². The molecule has 19 heavy (non-hydrogen) atoms. The highest BCUT2D eigenvalue weighted by Gasteiger charge is 2.22. The van der Waals surface area contributed by atoms with Gasteiger partial charge in [-0.3, -0.25) is 0 Å². The normalized spacial score (nSPS) is 13.6. The third-order valence-corrected chi connectivity index (χ3v) is 7.15. The topological polar surface area (TPSA) is 46.2 Å².